The molecular weight excluding hydrogens is 292 g/mol. The minimum Gasteiger partial charge on any atom is -0.493 e. The van der Waals surface area contributed by atoms with Gasteiger partial charge in [0.25, 0.3) is 0 Å². The highest BCUT2D eigenvalue weighted by atomic mass is 16.5. The summed E-state index contributed by atoms with van der Waals surface area (Å²) in [4.78, 5) is 12.2. The highest BCUT2D eigenvalue weighted by molar-refractivity contribution is 5.90. The average molecular weight is 322 g/mol. The fourth-order valence-corrected chi connectivity index (χ4v) is 1.92. The second-order valence-electron chi connectivity index (χ2n) is 5.59. The third kappa shape index (κ3) is 7.91. The van der Waals surface area contributed by atoms with E-state index < -0.39 is 0 Å². The van der Waals surface area contributed by atoms with Gasteiger partial charge < -0.3 is 14.2 Å². The maximum Gasteiger partial charge on any atom is 0.338 e. The van der Waals surface area contributed by atoms with Crippen LogP contribution in [0.25, 0.3) is 0 Å². The summed E-state index contributed by atoms with van der Waals surface area (Å²) >= 11 is 0. The summed E-state index contributed by atoms with van der Waals surface area (Å²) in [6, 6.07) is 5.31. The topological polar surface area (TPSA) is 44.8 Å². The molecule has 4 nitrogen and oxygen atoms in total. The van der Waals surface area contributed by atoms with Crippen molar-refractivity contribution in [1.29, 1.82) is 0 Å². The Balaban J connectivity index is 2.77. The van der Waals surface area contributed by atoms with Crippen LogP contribution in [-0.2, 0) is 4.74 Å². The van der Waals surface area contributed by atoms with E-state index in [0.717, 1.165) is 38.5 Å². The first-order valence-electron chi connectivity index (χ1n) is 8.79. The quantitative estimate of drug-likeness (QED) is 0.401. The summed E-state index contributed by atoms with van der Waals surface area (Å²) in [6.45, 7) is 8.02. The van der Waals surface area contributed by atoms with Gasteiger partial charge in [0, 0.05) is 6.07 Å². The molecule has 0 radical (unpaired) electrons. The SMILES string of the molecule is CCCCOC(=O)c1cc(OCCCC)cc(OCCCC)c1. The van der Waals surface area contributed by atoms with E-state index in [4.69, 9.17) is 14.2 Å². The van der Waals surface area contributed by atoms with Gasteiger partial charge in [-0.2, -0.15) is 0 Å². The fraction of sp³-hybridized carbons (Fsp3) is 0.632. The van der Waals surface area contributed by atoms with Crippen molar-refractivity contribution in [2.75, 3.05) is 19.8 Å². The first-order valence-corrected chi connectivity index (χ1v) is 8.79. The predicted octanol–water partition coefficient (Wildman–Crippen LogP) is 5.00. The van der Waals surface area contributed by atoms with Crippen molar-refractivity contribution in [1.82, 2.24) is 0 Å². The van der Waals surface area contributed by atoms with Crippen LogP contribution in [0.2, 0.25) is 0 Å². The van der Waals surface area contributed by atoms with E-state index in [1.165, 1.54) is 0 Å². The molecule has 0 fully saturated rings. The minimum absolute atomic E-state index is 0.320. The van der Waals surface area contributed by atoms with Crippen LogP contribution in [0.1, 0.15) is 69.7 Å². The predicted molar refractivity (Wildman–Crippen MR) is 92.4 cm³/mol. The van der Waals surface area contributed by atoms with Gasteiger partial charge in [-0.1, -0.05) is 40.0 Å². The van der Waals surface area contributed by atoms with E-state index in [0.29, 0.717) is 36.9 Å². The molecule has 0 unspecified atom stereocenters. The van der Waals surface area contributed by atoms with Crippen LogP contribution in [0.15, 0.2) is 18.2 Å². The molecule has 0 amide bonds. The molecule has 0 aliphatic heterocycles. The molecule has 0 saturated heterocycles. The van der Waals surface area contributed by atoms with Crippen molar-refractivity contribution in [3.8, 4) is 11.5 Å². The molecule has 1 aromatic rings. The van der Waals surface area contributed by atoms with Gasteiger partial charge in [0.1, 0.15) is 11.5 Å². The highest BCUT2D eigenvalue weighted by Crippen LogP contribution is 2.24. The standard InChI is InChI=1S/C19H30O4/c1-4-7-10-21-17-13-16(19(20)23-12-9-6-3)14-18(15-17)22-11-8-5-2/h13-15H,4-12H2,1-3H3. The monoisotopic (exact) mass is 322 g/mol. The molecule has 0 atom stereocenters. The lowest BCUT2D eigenvalue weighted by molar-refractivity contribution is 0.0498. The number of benzene rings is 1. The van der Waals surface area contributed by atoms with Crippen LogP contribution in [-0.4, -0.2) is 25.8 Å². The molecule has 0 bridgehead atoms. The summed E-state index contributed by atoms with van der Waals surface area (Å²) < 4.78 is 16.7. The highest BCUT2D eigenvalue weighted by Gasteiger charge is 2.12. The molecule has 0 aromatic heterocycles. The first-order chi connectivity index (χ1) is 11.2. The van der Waals surface area contributed by atoms with Crippen molar-refractivity contribution >= 4 is 5.97 Å². The van der Waals surface area contributed by atoms with Crippen molar-refractivity contribution in [3.63, 3.8) is 0 Å². The van der Waals surface area contributed by atoms with Crippen LogP contribution >= 0.6 is 0 Å². The molecule has 4 heteroatoms. The lowest BCUT2D eigenvalue weighted by Crippen LogP contribution is -2.08. The summed E-state index contributed by atoms with van der Waals surface area (Å²) in [7, 11) is 0. The molecule has 23 heavy (non-hydrogen) atoms. The van der Waals surface area contributed by atoms with Crippen molar-refractivity contribution < 1.29 is 19.0 Å². The van der Waals surface area contributed by atoms with E-state index in [9.17, 15) is 4.79 Å². The Morgan fingerprint density at radius 1 is 0.783 bits per heavy atom. The largest absolute Gasteiger partial charge is 0.493 e. The van der Waals surface area contributed by atoms with Crippen molar-refractivity contribution in [2.45, 2.75) is 59.3 Å². The zero-order chi connectivity index (χ0) is 16.9. The van der Waals surface area contributed by atoms with Crippen LogP contribution in [0.4, 0.5) is 0 Å². The number of hydrogen-bond donors (Lipinski definition) is 0. The lowest BCUT2D eigenvalue weighted by Gasteiger charge is -2.12. The molecule has 0 aliphatic carbocycles. The molecular formula is C19H30O4. The Labute approximate surface area is 140 Å². The minimum atomic E-state index is -0.320. The maximum absolute atomic E-state index is 12.2. The lowest BCUT2D eigenvalue weighted by atomic mass is 10.2. The van der Waals surface area contributed by atoms with Gasteiger partial charge in [-0.25, -0.2) is 4.79 Å². The number of carbonyl (C=O) groups excluding carboxylic acids is 1. The number of rotatable bonds is 12. The Morgan fingerprint density at radius 3 is 1.74 bits per heavy atom. The normalized spacial score (nSPS) is 10.4. The number of ether oxygens (including phenoxy) is 3. The van der Waals surface area contributed by atoms with Crippen LogP contribution in [0.5, 0.6) is 11.5 Å². The van der Waals surface area contributed by atoms with E-state index in [2.05, 4.69) is 20.8 Å². The van der Waals surface area contributed by atoms with Gasteiger partial charge in [0.05, 0.1) is 25.4 Å². The van der Waals surface area contributed by atoms with E-state index in [1.807, 2.05) is 6.07 Å². The fourth-order valence-electron chi connectivity index (χ4n) is 1.92. The first kappa shape index (κ1) is 19.3. The molecule has 130 valence electrons. The average Bonchev–Trinajstić information content (AvgIpc) is 2.55. The maximum atomic E-state index is 12.2. The summed E-state index contributed by atoms with van der Waals surface area (Å²) in [6.07, 6.45) is 5.97. The van der Waals surface area contributed by atoms with Gasteiger partial charge in [-0.15, -0.1) is 0 Å². The van der Waals surface area contributed by atoms with Gasteiger partial charge in [-0.05, 0) is 31.4 Å². The number of unbranched alkanes of at least 4 members (excludes halogenated alkanes) is 3. The molecule has 1 aromatic carbocycles. The summed E-state index contributed by atoms with van der Waals surface area (Å²) in [5.74, 6) is 1.00. The van der Waals surface area contributed by atoms with Crippen LogP contribution < -0.4 is 9.47 Å². The Hall–Kier alpha value is -1.71. The zero-order valence-electron chi connectivity index (χ0n) is 14.7. The van der Waals surface area contributed by atoms with E-state index in [1.54, 1.807) is 12.1 Å². The third-order valence-electron chi connectivity index (χ3n) is 3.38. The zero-order valence-corrected chi connectivity index (χ0v) is 14.7. The van der Waals surface area contributed by atoms with Gasteiger partial charge in [0.15, 0.2) is 0 Å². The third-order valence-corrected chi connectivity index (χ3v) is 3.38. The van der Waals surface area contributed by atoms with Gasteiger partial charge >= 0.3 is 5.97 Å². The Kier molecular flexibility index (Phi) is 9.92. The molecule has 0 spiro atoms. The van der Waals surface area contributed by atoms with Crippen molar-refractivity contribution in [3.05, 3.63) is 23.8 Å². The number of carbonyl (C=O) groups is 1. The van der Waals surface area contributed by atoms with Crippen LogP contribution in [0, 0.1) is 0 Å². The van der Waals surface area contributed by atoms with E-state index in [-0.39, 0.29) is 5.97 Å². The van der Waals surface area contributed by atoms with Crippen LogP contribution in [0.3, 0.4) is 0 Å². The Morgan fingerprint density at radius 2 is 1.26 bits per heavy atom. The van der Waals surface area contributed by atoms with E-state index >= 15 is 0 Å². The van der Waals surface area contributed by atoms with Gasteiger partial charge in [-0.3, -0.25) is 0 Å². The second kappa shape index (κ2) is 11.8. The molecule has 0 heterocycles. The molecule has 0 aliphatic rings. The molecule has 1 rings (SSSR count). The number of esters is 1. The molecule has 0 saturated carbocycles. The smallest absolute Gasteiger partial charge is 0.338 e. The Bertz CT molecular complexity index is 428. The number of hydrogen-bond acceptors (Lipinski definition) is 4. The summed E-state index contributed by atoms with van der Waals surface area (Å²) in [5, 5.41) is 0. The van der Waals surface area contributed by atoms with Crippen molar-refractivity contribution in [2.24, 2.45) is 0 Å². The summed E-state index contributed by atoms with van der Waals surface area (Å²) in [5.41, 5.74) is 0.488. The molecule has 0 N–H and O–H groups in total. The second-order valence-corrected chi connectivity index (χ2v) is 5.59. The van der Waals surface area contributed by atoms with Gasteiger partial charge in [0.2, 0.25) is 0 Å².